The number of hydrogen-bond donors (Lipinski definition) is 1. The summed E-state index contributed by atoms with van der Waals surface area (Å²) in [6.07, 6.45) is -5.21. The molecule has 2 amide bonds. The van der Waals surface area contributed by atoms with Gasteiger partial charge in [0.15, 0.2) is 5.71 Å². The van der Waals surface area contributed by atoms with Gasteiger partial charge in [-0.1, -0.05) is 16.8 Å². The lowest BCUT2D eigenvalue weighted by Crippen LogP contribution is -2.37. The van der Waals surface area contributed by atoms with Crippen LogP contribution >= 0.6 is 11.6 Å². The molecule has 1 fully saturated rings. The Morgan fingerprint density at radius 3 is 2.72 bits per heavy atom. The topological polar surface area (TPSA) is 110 Å². The number of alkyl halides is 3. The van der Waals surface area contributed by atoms with Gasteiger partial charge in [-0.2, -0.15) is 13.2 Å². The molecule has 3 rings (SSSR count). The summed E-state index contributed by atoms with van der Waals surface area (Å²) in [5.74, 6) is -3.44. The second-order valence-electron chi connectivity index (χ2n) is 6.01. The molecule has 1 saturated heterocycles. The summed E-state index contributed by atoms with van der Waals surface area (Å²) < 4.78 is 42.7. The molecule has 1 N–H and O–H groups in total. The predicted octanol–water partition coefficient (Wildman–Crippen LogP) is 1.47. The average Bonchev–Trinajstić information content (AvgIpc) is 3.18. The van der Waals surface area contributed by atoms with E-state index in [2.05, 4.69) is 15.5 Å². The van der Waals surface area contributed by atoms with Gasteiger partial charge in [0, 0.05) is 19.3 Å². The van der Waals surface area contributed by atoms with E-state index in [1.807, 2.05) is 0 Å². The van der Waals surface area contributed by atoms with Crippen LogP contribution in [0.4, 0.5) is 19.0 Å². The fourth-order valence-corrected chi connectivity index (χ4v) is 3.07. The van der Waals surface area contributed by atoms with Crippen molar-refractivity contribution in [2.75, 3.05) is 25.0 Å². The largest absolute Gasteiger partial charge is 0.461 e. The zero-order valence-electron chi connectivity index (χ0n) is 14.8. The number of likely N-dealkylation sites (tertiary alicyclic amines) is 1. The van der Waals surface area contributed by atoms with Crippen LogP contribution in [0.2, 0.25) is 5.02 Å². The first-order valence-electron chi connectivity index (χ1n) is 8.37. The molecule has 3 heterocycles. The summed E-state index contributed by atoms with van der Waals surface area (Å²) in [4.78, 5) is 46.1. The lowest BCUT2D eigenvalue weighted by atomic mass is 10.00. The molecule has 29 heavy (non-hydrogen) atoms. The second-order valence-corrected chi connectivity index (χ2v) is 6.41. The van der Waals surface area contributed by atoms with Crippen molar-refractivity contribution in [3.05, 3.63) is 22.8 Å². The highest BCUT2D eigenvalue weighted by atomic mass is 35.5. The molecule has 0 saturated carbocycles. The summed E-state index contributed by atoms with van der Waals surface area (Å²) in [5, 5.41) is 5.87. The van der Waals surface area contributed by atoms with Gasteiger partial charge >= 0.3 is 12.1 Å². The van der Waals surface area contributed by atoms with Crippen LogP contribution < -0.4 is 5.32 Å². The van der Waals surface area contributed by atoms with Crippen LogP contribution in [-0.4, -0.2) is 59.2 Å². The molecule has 2 atom stereocenters. The van der Waals surface area contributed by atoms with E-state index in [0.717, 1.165) is 4.90 Å². The number of anilines is 1. The van der Waals surface area contributed by atoms with E-state index in [9.17, 15) is 27.6 Å². The third kappa shape index (κ3) is 3.97. The van der Waals surface area contributed by atoms with E-state index in [0.29, 0.717) is 12.3 Å². The Morgan fingerprint density at radius 2 is 2.10 bits per heavy atom. The Labute approximate surface area is 166 Å². The number of amides is 2. The minimum absolute atomic E-state index is 0.0380. The summed E-state index contributed by atoms with van der Waals surface area (Å²) in [6, 6.07) is 0.712. The molecule has 0 unspecified atom stereocenters. The van der Waals surface area contributed by atoms with Crippen LogP contribution in [0.15, 0.2) is 17.4 Å². The second kappa shape index (κ2) is 7.85. The lowest BCUT2D eigenvalue weighted by Gasteiger charge is -2.16. The molecule has 0 spiro atoms. The third-order valence-electron chi connectivity index (χ3n) is 4.18. The van der Waals surface area contributed by atoms with Crippen molar-refractivity contribution < 1.29 is 37.1 Å². The Hall–Kier alpha value is -2.89. The van der Waals surface area contributed by atoms with Crippen LogP contribution in [0.3, 0.4) is 0 Å². The van der Waals surface area contributed by atoms with E-state index in [4.69, 9.17) is 21.2 Å². The van der Waals surface area contributed by atoms with Crippen LogP contribution in [0, 0.1) is 5.92 Å². The van der Waals surface area contributed by atoms with Gasteiger partial charge in [-0.15, -0.1) is 0 Å². The normalized spacial score (nSPS) is 21.0. The lowest BCUT2D eigenvalue weighted by molar-refractivity contribution is -0.142. The van der Waals surface area contributed by atoms with Gasteiger partial charge in [-0.25, -0.2) is 9.78 Å². The number of nitrogens with one attached hydrogen (secondary N) is 1. The van der Waals surface area contributed by atoms with E-state index in [1.54, 1.807) is 6.92 Å². The molecule has 2 aliphatic rings. The minimum atomic E-state index is -4.58. The highest BCUT2D eigenvalue weighted by molar-refractivity contribution is 6.43. The first kappa shape index (κ1) is 20.8. The zero-order valence-corrected chi connectivity index (χ0v) is 15.6. The Kier molecular flexibility index (Phi) is 5.64. The number of carbonyl (C=O) groups excluding carboxylic acids is 3. The van der Waals surface area contributed by atoms with Gasteiger partial charge in [0.1, 0.15) is 11.7 Å². The molecule has 1 aromatic rings. The number of ether oxygens (including phenoxy) is 1. The van der Waals surface area contributed by atoms with Gasteiger partial charge in [0.05, 0.1) is 17.2 Å². The number of esters is 1. The maximum atomic E-state index is 12.6. The van der Waals surface area contributed by atoms with Crippen molar-refractivity contribution in [3.8, 4) is 0 Å². The number of fused-ring (bicyclic) bond motifs is 1. The number of halogens is 4. The number of pyridine rings is 1. The van der Waals surface area contributed by atoms with Crippen LogP contribution in [0.5, 0.6) is 0 Å². The first-order valence-corrected chi connectivity index (χ1v) is 8.75. The van der Waals surface area contributed by atoms with Crippen LogP contribution in [0.25, 0.3) is 0 Å². The monoisotopic (exact) mass is 434 g/mol. The first-order chi connectivity index (χ1) is 13.6. The fourth-order valence-electron chi connectivity index (χ4n) is 2.84. The SMILES string of the molecule is CCOC(=O)C1=NO[C@H]2C(=O)N(CCNc3ncc(C(F)(F)F)cc3Cl)C(=O)[C@@H]12. The Morgan fingerprint density at radius 1 is 1.38 bits per heavy atom. The molecular formula is C16H14ClF3N4O5. The maximum Gasteiger partial charge on any atom is 0.417 e. The minimum Gasteiger partial charge on any atom is -0.461 e. The zero-order chi connectivity index (χ0) is 21.3. The van der Waals surface area contributed by atoms with E-state index >= 15 is 0 Å². The van der Waals surface area contributed by atoms with Crippen molar-refractivity contribution in [2.24, 2.45) is 11.1 Å². The molecule has 2 aliphatic heterocycles. The molecule has 1 aromatic heterocycles. The molecule has 0 aliphatic carbocycles. The fraction of sp³-hybridized carbons (Fsp3) is 0.438. The highest BCUT2D eigenvalue weighted by Crippen LogP contribution is 2.33. The van der Waals surface area contributed by atoms with Gasteiger partial charge in [-0.05, 0) is 13.0 Å². The number of oxime groups is 1. The number of nitrogens with zero attached hydrogens (tertiary/aromatic N) is 3. The van der Waals surface area contributed by atoms with Gasteiger partial charge in [0.2, 0.25) is 12.0 Å². The Bertz CT molecular complexity index is 892. The molecule has 156 valence electrons. The standard InChI is InChI=1S/C16H14ClF3N4O5/c1-2-28-15(27)10-9-11(29-23-10)14(26)24(13(9)25)4-3-21-12-8(17)5-7(6-22-12)16(18,19)20/h5-6,9,11H,2-4H2,1H3,(H,21,22)/t9-,11+/m0/s1. The van der Waals surface area contributed by atoms with Crippen molar-refractivity contribution in [2.45, 2.75) is 19.2 Å². The van der Waals surface area contributed by atoms with E-state index < -0.39 is 41.5 Å². The quantitative estimate of drug-likeness (QED) is 0.533. The molecule has 0 bridgehead atoms. The molecular weight excluding hydrogens is 421 g/mol. The van der Waals surface area contributed by atoms with Gasteiger partial charge < -0.3 is 14.9 Å². The smallest absolute Gasteiger partial charge is 0.417 e. The Balaban J connectivity index is 1.62. The van der Waals surface area contributed by atoms with Gasteiger partial charge in [-0.3, -0.25) is 14.5 Å². The summed E-state index contributed by atoms with van der Waals surface area (Å²) in [7, 11) is 0. The number of imide groups is 1. The van der Waals surface area contributed by atoms with Crippen molar-refractivity contribution >= 4 is 40.9 Å². The number of hydrogen-bond acceptors (Lipinski definition) is 8. The molecule has 0 radical (unpaired) electrons. The molecule has 9 nitrogen and oxygen atoms in total. The van der Waals surface area contributed by atoms with Crippen molar-refractivity contribution in [3.63, 3.8) is 0 Å². The van der Waals surface area contributed by atoms with Crippen LogP contribution in [-0.2, 0) is 30.1 Å². The summed E-state index contributed by atoms with van der Waals surface area (Å²) in [6.45, 7) is 1.45. The van der Waals surface area contributed by atoms with Gasteiger partial charge in [0.25, 0.3) is 5.91 Å². The predicted molar refractivity (Wildman–Crippen MR) is 91.9 cm³/mol. The van der Waals surface area contributed by atoms with E-state index in [1.165, 1.54) is 0 Å². The number of rotatable bonds is 6. The number of carbonyl (C=O) groups is 3. The third-order valence-corrected chi connectivity index (χ3v) is 4.47. The van der Waals surface area contributed by atoms with Crippen LogP contribution in [0.1, 0.15) is 12.5 Å². The highest BCUT2D eigenvalue weighted by Gasteiger charge is 2.57. The van der Waals surface area contributed by atoms with E-state index in [-0.39, 0.29) is 36.2 Å². The van der Waals surface area contributed by atoms with Crippen molar-refractivity contribution in [1.29, 1.82) is 0 Å². The van der Waals surface area contributed by atoms with Crippen molar-refractivity contribution in [1.82, 2.24) is 9.88 Å². The maximum absolute atomic E-state index is 12.6. The summed E-state index contributed by atoms with van der Waals surface area (Å²) in [5.41, 5.74) is -1.29. The number of aromatic nitrogens is 1. The average molecular weight is 435 g/mol. The molecule has 13 heteroatoms. The molecule has 0 aromatic carbocycles. The summed E-state index contributed by atoms with van der Waals surface area (Å²) >= 11 is 5.79.